The molecule has 0 radical (unpaired) electrons. The third-order valence-corrected chi connectivity index (χ3v) is 10.6. The van der Waals surface area contributed by atoms with Gasteiger partial charge in [-0.2, -0.15) is 0 Å². The van der Waals surface area contributed by atoms with Crippen LogP contribution in [0.25, 0.3) is 0 Å². The van der Waals surface area contributed by atoms with Crippen LogP contribution in [-0.4, -0.2) is 37.2 Å². The van der Waals surface area contributed by atoms with Gasteiger partial charge >= 0.3 is 17.9 Å². The van der Waals surface area contributed by atoms with Crippen LogP contribution < -0.4 is 0 Å². The van der Waals surface area contributed by atoms with E-state index in [1.165, 1.54) is 141 Å². The molecule has 0 saturated carbocycles. The van der Waals surface area contributed by atoms with E-state index in [4.69, 9.17) is 14.2 Å². The van der Waals surface area contributed by atoms with Crippen LogP contribution in [0.3, 0.4) is 0 Å². The van der Waals surface area contributed by atoms with Crippen molar-refractivity contribution in [2.75, 3.05) is 13.2 Å². The first kappa shape index (κ1) is 54.6. The Morgan fingerprint density at radius 1 is 0.351 bits per heavy atom. The summed E-state index contributed by atoms with van der Waals surface area (Å²) in [5.74, 6) is -0.890. The zero-order chi connectivity index (χ0) is 41.5. The van der Waals surface area contributed by atoms with E-state index in [0.717, 1.165) is 70.6 Å². The molecule has 0 aromatic carbocycles. The first-order chi connectivity index (χ1) is 28.0. The van der Waals surface area contributed by atoms with Crippen LogP contribution in [0, 0.1) is 0 Å². The summed E-state index contributed by atoms with van der Waals surface area (Å²) < 4.78 is 16.7. The number of hydrogen-bond donors (Lipinski definition) is 0. The molecular weight excluding hydrogens is 709 g/mol. The van der Waals surface area contributed by atoms with Crippen LogP contribution in [0.4, 0.5) is 0 Å². The maximum atomic E-state index is 12.7. The Balaban J connectivity index is 4.24. The minimum absolute atomic E-state index is 0.0754. The molecule has 0 N–H and O–H groups in total. The van der Waals surface area contributed by atoms with E-state index in [1.807, 2.05) is 0 Å². The molecule has 6 nitrogen and oxygen atoms in total. The highest BCUT2D eigenvalue weighted by Gasteiger charge is 2.19. The van der Waals surface area contributed by atoms with E-state index in [1.54, 1.807) is 0 Å². The van der Waals surface area contributed by atoms with Gasteiger partial charge in [-0.1, -0.05) is 192 Å². The van der Waals surface area contributed by atoms with Crippen molar-refractivity contribution in [2.45, 2.75) is 258 Å². The fraction of sp³-hybridized carbons (Fsp3) is 0.824. The molecule has 57 heavy (non-hydrogen) atoms. The van der Waals surface area contributed by atoms with Crippen LogP contribution in [0.1, 0.15) is 252 Å². The zero-order valence-electron chi connectivity index (χ0n) is 37.9. The molecule has 0 spiro atoms. The normalized spacial score (nSPS) is 12.3. The van der Waals surface area contributed by atoms with Gasteiger partial charge in [0.25, 0.3) is 0 Å². The molecule has 0 rings (SSSR count). The van der Waals surface area contributed by atoms with E-state index in [9.17, 15) is 14.4 Å². The van der Waals surface area contributed by atoms with Gasteiger partial charge in [-0.05, 0) is 77.0 Å². The van der Waals surface area contributed by atoms with Crippen LogP contribution in [0.15, 0.2) is 36.5 Å². The molecule has 6 heteroatoms. The smallest absolute Gasteiger partial charge is 0.306 e. The lowest BCUT2D eigenvalue weighted by Gasteiger charge is -2.18. The second kappa shape index (κ2) is 46.3. The van der Waals surface area contributed by atoms with Gasteiger partial charge in [-0.3, -0.25) is 14.4 Å². The Morgan fingerprint density at radius 2 is 0.632 bits per heavy atom. The second-order valence-electron chi connectivity index (χ2n) is 16.4. The number of hydrogen-bond acceptors (Lipinski definition) is 6. The molecular formula is C51H92O6. The lowest BCUT2D eigenvalue weighted by atomic mass is 10.1. The molecule has 0 saturated heterocycles. The molecule has 0 heterocycles. The monoisotopic (exact) mass is 801 g/mol. The van der Waals surface area contributed by atoms with Crippen molar-refractivity contribution in [1.29, 1.82) is 0 Å². The predicted octanol–water partition coefficient (Wildman–Crippen LogP) is 15.8. The molecule has 0 aliphatic heterocycles. The van der Waals surface area contributed by atoms with Gasteiger partial charge in [-0.25, -0.2) is 0 Å². The Kier molecular flexibility index (Phi) is 44.4. The van der Waals surface area contributed by atoms with Crippen molar-refractivity contribution >= 4 is 17.9 Å². The second-order valence-corrected chi connectivity index (χ2v) is 16.4. The van der Waals surface area contributed by atoms with E-state index < -0.39 is 6.10 Å². The number of rotatable bonds is 44. The first-order valence-electron chi connectivity index (χ1n) is 24.5. The Bertz CT molecular complexity index is 969. The highest BCUT2D eigenvalue weighted by atomic mass is 16.6. The van der Waals surface area contributed by atoms with Crippen LogP contribution in [0.5, 0.6) is 0 Å². The van der Waals surface area contributed by atoms with Gasteiger partial charge in [0, 0.05) is 19.3 Å². The standard InChI is InChI=1S/C51H92O6/c1-4-7-10-13-16-18-20-22-23-24-25-26-27-29-30-32-35-38-41-44-50(53)56-47-48(46-55-49(52)43-40-37-34-15-12-9-6-3)57-51(54)45-42-39-36-33-31-28-21-19-17-14-11-8-5-2/h16,18-19,21-23,48H,4-15,17,20,24-47H2,1-3H3/b18-16-,21-19-,23-22-. The average Bonchev–Trinajstić information content (AvgIpc) is 3.21. The van der Waals surface area contributed by atoms with Crippen LogP contribution in [0.2, 0.25) is 0 Å². The van der Waals surface area contributed by atoms with Crippen LogP contribution >= 0.6 is 0 Å². The van der Waals surface area contributed by atoms with Gasteiger partial charge in [0.05, 0.1) is 0 Å². The van der Waals surface area contributed by atoms with Gasteiger partial charge < -0.3 is 14.2 Å². The van der Waals surface area contributed by atoms with Crippen molar-refractivity contribution in [1.82, 2.24) is 0 Å². The predicted molar refractivity (Wildman–Crippen MR) is 242 cm³/mol. The molecule has 0 aliphatic rings. The Labute approximate surface area is 353 Å². The largest absolute Gasteiger partial charge is 0.462 e. The maximum absolute atomic E-state index is 12.7. The van der Waals surface area contributed by atoms with Crippen molar-refractivity contribution in [2.24, 2.45) is 0 Å². The topological polar surface area (TPSA) is 78.9 Å². The number of carbonyl (C=O) groups is 3. The van der Waals surface area contributed by atoms with Crippen molar-refractivity contribution in [3.8, 4) is 0 Å². The summed E-state index contributed by atoms with van der Waals surface area (Å²) in [7, 11) is 0. The summed E-state index contributed by atoms with van der Waals surface area (Å²) in [6.45, 7) is 6.55. The number of allylic oxidation sites excluding steroid dienone is 6. The van der Waals surface area contributed by atoms with E-state index in [2.05, 4.69) is 57.2 Å². The third-order valence-electron chi connectivity index (χ3n) is 10.6. The molecule has 0 bridgehead atoms. The number of unbranched alkanes of at least 4 members (excludes halogenated alkanes) is 27. The molecule has 0 aromatic heterocycles. The molecule has 0 fully saturated rings. The minimum atomic E-state index is -0.772. The SMILES string of the molecule is CCCCC/C=C\C/C=C\CCCCCCCCCCCC(=O)OCC(COC(=O)CCCCCCCCC)OC(=O)CCCCCCC/C=C\CCCCCC. The fourth-order valence-corrected chi connectivity index (χ4v) is 6.88. The minimum Gasteiger partial charge on any atom is -0.462 e. The summed E-state index contributed by atoms with van der Waals surface area (Å²) in [5, 5.41) is 0. The summed E-state index contributed by atoms with van der Waals surface area (Å²) >= 11 is 0. The quantitative estimate of drug-likeness (QED) is 0.0264. The Hall–Kier alpha value is -2.37. The van der Waals surface area contributed by atoms with Gasteiger partial charge in [-0.15, -0.1) is 0 Å². The lowest BCUT2D eigenvalue weighted by Crippen LogP contribution is -2.30. The summed E-state index contributed by atoms with van der Waals surface area (Å²) in [6, 6.07) is 0. The number of esters is 3. The van der Waals surface area contributed by atoms with E-state index in [0.29, 0.717) is 19.3 Å². The van der Waals surface area contributed by atoms with E-state index >= 15 is 0 Å². The molecule has 0 aromatic rings. The fourth-order valence-electron chi connectivity index (χ4n) is 6.88. The van der Waals surface area contributed by atoms with Crippen molar-refractivity contribution < 1.29 is 28.6 Å². The molecule has 0 amide bonds. The van der Waals surface area contributed by atoms with E-state index in [-0.39, 0.29) is 31.1 Å². The van der Waals surface area contributed by atoms with Gasteiger partial charge in [0.2, 0.25) is 0 Å². The third kappa shape index (κ3) is 44.6. The van der Waals surface area contributed by atoms with Gasteiger partial charge in [0.15, 0.2) is 6.10 Å². The molecule has 332 valence electrons. The summed E-state index contributed by atoms with van der Waals surface area (Å²) in [6.07, 6.45) is 52.8. The van der Waals surface area contributed by atoms with Crippen molar-refractivity contribution in [3.63, 3.8) is 0 Å². The molecule has 1 unspecified atom stereocenters. The molecule has 1 atom stereocenters. The number of ether oxygens (including phenoxy) is 3. The maximum Gasteiger partial charge on any atom is 0.306 e. The average molecular weight is 801 g/mol. The molecule has 0 aliphatic carbocycles. The number of carbonyl (C=O) groups excluding carboxylic acids is 3. The highest BCUT2D eigenvalue weighted by Crippen LogP contribution is 2.14. The van der Waals surface area contributed by atoms with Crippen LogP contribution in [-0.2, 0) is 28.6 Å². The van der Waals surface area contributed by atoms with Crippen molar-refractivity contribution in [3.05, 3.63) is 36.5 Å². The zero-order valence-corrected chi connectivity index (χ0v) is 37.9. The lowest BCUT2D eigenvalue weighted by molar-refractivity contribution is -0.167. The summed E-state index contributed by atoms with van der Waals surface area (Å²) in [5.41, 5.74) is 0. The Morgan fingerprint density at radius 3 is 1.04 bits per heavy atom. The van der Waals surface area contributed by atoms with Gasteiger partial charge in [0.1, 0.15) is 13.2 Å². The summed E-state index contributed by atoms with van der Waals surface area (Å²) in [4.78, 5) is 37.7. The highest BCUT2D eigenvalue weighted by molar-refractivity contribution is 5.71. The first-order valence-corrected chi connectivity index (χ1v) is 24.5.